The Morgan fingerprint density at radius 1 is 1.16 bits per heavy atom. The van der Waals surface area contributed by atoms with Gasteiger partial charge in [0.2, 0.25) is 0 Å². The minimum atomic E-state index is -4.67. The van der Waals surface area contributed by atoms with E-state index in [0.29, 0.717) is 12.2 Å². The van der Waals surface area contributed by atoms with Gasteiger partial charge in [0.15, 0.2) is 0 Å². The first-order valence-corrected chi connectivity index (χ1v) is 6.18. The predicted octanol–water partition coefficient (Wildman–Crippen LogP) is 3.30. The Kier molecular flexibility index (Phi) is 3.89. The molecule has 2 N–H and O–H groups in total. The molecule has 1 saturated carbocycles. The maximum absolute atomic E-state index is 12.0. The second kappa shape index (κ2) is 5.28. The van der Waals surface area contributed by atoms with Crippen molar-refractivity contribution in [2.75, 3.05) is 11.9 Å². The van der Waals surface area contributed by atoms with Crippen molar-refractivity contribution in [3.63, 3.8) is 0 Å². The van der Waals surface area contributed by atoms with E-state index in [9.17, 15) is 18.3 Å². The van der Waals surface area contributed by atoms with Crippen LogP contribution >= 0.6 is 0 Å². The second-order valence-corrected chi connectivity index (χ2v) is 4.86. The third-order valence-corrected chi connectivity index (χ3v) is 3.24. The summed E-state index contributed by atoms with van der Waals surface area (Å²) in [7, 11) is 0. The summed E-state index contributed by atoms with van der Waals surface area (Å²) in [6, 6.07) is 5.49. The molecule has 1 aromatic carbocycles. The number of hydrogen-bond acceptors (Lipinski definition) is 3. The maximum atomic E-state index is 12.0. The Morgan fingerprint density at radius 2 is 1.74 bits per heavy atom. The smallest absolute Gasteiger partial charge is 0.406 e. The summed E-state index contributed by atoms with van der Waals surface area (Å²) in [5.41, 5.74) is -0.0314. The summed E-state index contributed by atoms with van der Waals surface area (Å²) < 4.78 is 39.7. The highest BCUT2D eigenvalue weighted by Crippen LogP contribution is 2.30. The van der Waals surface area contributed by atoms with Crippen LogP contribution in [0.25, 0.3) is 0 Å². The fraction of sp³-hybridized carbons (Fsp3) is 0.538. The number of ether oxygens (including phenoxy) is 1. The van der Waals surface area contributed by atoms with Crippen LogP contribution in [0, 0.1) is 0 Å². The highest BCUT2D eigenvalue weighted by atomic mass is 19.4. The number of anilines is 1. The lowest BCUT2D eigenvalue weighted by Gasteiger charge is -2.23. The lowest BCUT2D eigenvalue weighted by molar-refractivity contribution is -0.274. The van der Waals surface area contributed by atoms with Crippen LogP contribution in [0.1, 0.15) is 25.7 Å². The quantitative estimate of drug-likeness (QED) is 0.886. The monoisotopic (exact) mass is 275 g/mol. The van der Waals surface area contributed by atoms with Gasteiger partial charge in [-0.05, 0) is 37.1 Å². The van der Waals surface area contributed by atoms with E-state index in [1.165, 1.54) is 24.3 Å². The van der Waals surface area contributed by atoms with Crippen molar-refractivity contribution >= 4 is 5.69 Å². The van der Waals surface area contributed by atoms with Gasteiger partial charge in [-0.15, -0.1) is 13.2 Å². The van der Waals surface area contributed by atoms with E-state index in [0.717, 1.165) is 25.7 Å². The minimum absolute atomic E-state index is 0.252. The molecule has 0 unspecified atom stereocenters. The molecule has 106 valence electrons. The average molecular weight is 275 g/mol. The van der Waals surface area contributed by atoms with E-state index in [4.69, 9.17) is 0 Å². The molecule has 0 atom stereocenters. The Bertz CT molecular complexity index is 411. The molecular formula is C13H16F3NO2. The van der Waals surface area contributed by atoms with Gasteiger partial charge in [-0.25, -0.2) is 0 Å². The van der Waals surface area contributed by atoms with Gasteiger partial charge in [0.25, 0.3) is 0 Å². The Morgan fingerprint density at radius 3 is 2.26 bits per heavy atom. The SMILES string of the molecule is OC1(CNc2ccc(OC(F)(F)F)cc2)CCCC1. The lowest BCUT2D eigenvalue weighted by atomic mass is 10.0. The molecule has 0 aromatic heterocycles. The van der Waals surface area contributed by atoms with Gasteiger partial charge in [-0.3, -0.25) is 0 Å². The van der Waals surface area contributed by atoms with Crippen LogP contribution in [0.3, 0.4) is 0 Å². The topological polar surface area (TPSA) is 41.5 Å². The number of rotatable bonds is 4. The molecular weight excluding hydrogens is 259 g/mol. The highest BCUT2D eigenvalue weighted by molar-refractivity contribution is 5.46. The number of hydrogen-bond donors (Lipinski definition) is 2. The zero-order chi connectivity index (χ0) is 13.9. The minimum Gasteiger partial charge on any atom is -0.406 e. The Hall–Kier alpha value is -1.43. The zero-order valence-electron chi connectivity index (χ0n) is 10.3. The lowest BCUT2D eigenvalue weighted by Crippen LogP contribution is -2.33. The van der Waals surface area contributed by atoms with Crippen LogP contribution in [-0.2, 0) is 0 Å². The van der Waals surface area contributed by atoms with Crippen molar-refractivity contribution < 1.29 is 23.0 Å². The number of alkyl halides is 3. The van der Waals surface area contributed by atoms with Gasteiger partial charge in [-0.2, -0.15) is 0 Å². The summed E-state index contributed by atoms with van der Waals surface area (Å²) in [5.74, 6) is -0.252. The van der Waals surface area contributed by atoms with Gasteiger partial charge in [0.05, 0.1) is 5.60 Å². The van der Waals surface area contributed by atoms with Crippen molar-refractivity contribution in [2.24, 2.45) is 0 Å². The molecule has 1 aromatic rings. The molecule has 1 aliphatic carbocycles. The number of nitrogens with one attached hydrogen (secondary N) is 1. The number of aliphatic hydroxyl groups is 1. The molecule has 0 amide bonds. The average Bonchev–Trinajstić information content (AvgIpc) is 2.74. The first-order valence-electron chi connectivity index (χ1n) is 6.18. The van der Waals surface area contributed by atoms with Crippen LogP contribution in [0.4, 0.5) is 18.9 Å². The molecule has 0 bridgehead atoms. The van der Waals surface area contributed by atoms with Crippen molar-refractivity contribution in [1.82, 2.24) is 0 Å². The van der Waals surface area contributed by atoms with Crippen LogP contribution < -0.4 is 10.1 Å². The predicted molar refractivity (Wildman–Crippen MR) is 65.0 cm³/mol. The maximum Gasteiger partial charge on any atom is 0.573 e. The summed E-state index contributed by atoms with van der Waals surface area (Å²) in [6.07, 6.45) is -1.13. The standard InChI is InChI=1S/C13H16F3NO2/c14-13(15,16)19-11-5-3-10(4-6-11)17-9-12(18)7-1-2-8-12/h3-6,17-18H,1-2,7-9H2. The summed E-state index contributed by atoms with van der Waals surface area (Å²) >= 11 is 0. The Labute approximate surface area is 109 Å². The van der Waals surface area contributed by atoms with E-state index in [2.05, 4.69) is 10.1 Å². The molecule has 3 nitrogen and oxygen atoms in total. The molecule has 2 rings (SSSR count). The van der Waals surface area contributed by atoms with Gasteiger partial charge < -0.3 is 15.2 Å². The molecule has 1 aliphatic rings. The molecule has 1 fully saturated rings. The molecule has 0 heterocycles. The second-order valence-electron chi connectivity index (χ2n) is 4.86. The first kappa shape index (κ1) is 14.0. The molecule has 0 saturated heterocycles. The van der Waals surface area contributed by atoms with E-state index in [1.54, 1.807) is 0 Å². The van der Waals surface area contributed by atoms with Crippen molar-refractivity contribution in [3.8, 4) is 5.75 Å². The van der Waals surface area contributed by atoms with Crippen LogP contribution in [0.2, 0.25) is 0 Å². The summed E-state index contributed by atoms with van der Waals surface area (Å²) in [4.78, 5) is 0. The van der Waals surface area contributed by atoms with Gasteiger partial charge in [0, 0.05) is 12.2 Å². The highest BCUT2D eigenvalue weighted by Gasteiger charge is 2.31. The normalized spacial score (nSPS) is 18.3. The van der Waals surface area contributed by atoms with Crippen molar-refractivity contribution in [1.29, 1.82) is 0 Å². The van der Waals surface area contributed by atoms with Crippen LogP contribution in [0.5, 0.6) is 5.75 Å². The van der Waals surface area contributed by atoms with Crippen LogP contribution in [0.15, 0.2) is 24.3 Å². The molecule has 19 heavy (non-hydrogen) atoms. The van der Waals surface area contributed by atoms with E-state index in [1.807, 2.05) is 0 Å². The van der Waals surface area contributed by atoms with Crippen molar-refractivity contribution in [2.45, 2.75) is 37.6 Å². The van der Waals surface area contributed by atoms with Gasteiger partial charge >= 0.3 is 6.36 Å². The molecule has 0 spiro atoms. The fourth-order valence-corrected chi connectivity index (χ4v) is 2.25. The molecule has 6 heteroatoms. The van der Waals surface area contributed by atoms with Gasteiger partial charge in [-0.1, -0.05) is 12.8 Å². The molecule has 0 aliphatic heterocycles. The zero-order valence-corrected chi connectivity index (χ0v) is 10.3. The van der Waals surface area contributed by atoms with Crippen LogP contribution in [-0.4, -0.2) is 23.6 Å². The largest absolute Gasteiger partial charge is 0.573 e. The number of benzene rings is 1. The molecule has 0 radical (unpaired) electrons. The van der Waals surface area contributed by atoms with E-state index < -0.39 is 12.0 Å². The third kappa shape index (κ3) is 4.31. The summed E-state index contributed by atoms with van der Waals surface area (Å²) in [5, 5.41) is 13.2. The fourth-order valence-electron chi connectivity index (χ4n) is 2.25. The number of halogens is 3. The van der Waals surface area contributed by atoms with E-state index in [-0.39, 0.29) is 5.75 Å². The van der Waals surface area contributed by atoms with Gasteiger partial charge in [0.1, 0.15) is 5.75 Å². The third-order valence-electron chi connectivity index (χ3n) is 3.24. The Balaban J connectivity index is 1.88. The first-order chi connectivity index (χ1) is 8.86. The van der Waals surface area contributed by atoms with E-state index >= 15 is 0 Å². The summed E-state index contributed by atoms with van der Waals surface area (Å²) in [6.45, 7) is 0.409. The van der Waals surface area contributed by atoms with Crippen molar-refractivity contribution in [3.05, 3.63) is 24.3 Å².